The molecule has 1 aliphatic heterocycles. The molecule has 4 nitrogen and oxygen atoms in total. The summed E-state index contributed by atoms with van der Waals surface area (Å²) >= 11 is 0. The molecule has 0 spiro atoms. The zero-order valence-electron chi connectivity index (χ0n) is 12.0. The van der Waals surface area contributed by atoms with Gasteiger partial charge in [-0.15, -0.1) is 0 Å². The lowest BCUT2D eigenvalue weighted by molar-refractivity contribution is 0.00610. The number of nitrogens with two attached hydrogens (primary N) is 1. The van der Waals surface area contributed by atoms with E-state index in [0.717, 1.165) is 25.7 Å². The summed E-state index contributed by atoms with van der Waals surface area (Å²) in [5, 5.41) is 0. The first-order chi connectivity index (χ1) is 8.75. The molecule has 0 bridgehead atoms. The molecule has 2 aliphatic rings. The van der Waals surface area contributed by atoms with Crippen LogP contribution in [-0.2, 0) is 4.74 Å². The number of piperidine rings is 1. The fourth-order valence-corrected chi connectivity index (χ4v) is 3.28. The van der Waals surface area contributed by atoms with Gasteiger partial charge in [-0.3, -0.25) is 4.90 Å². The molecule has 1 saturated heterocycles. The van der Waals surface area contributed by atoms with Crippen LogP contribution >= 0.6 is 0 Å². The minimum absolute atomic E-state index is 0.241. The maximum Gasteiger partial charge on any atom is 0.0590 e. The van der Waals surface area contributed by atoms with Gasteiger partial charge in [0, 0.05) is 31.8 Å². The average molecular weight is 255 g/mol. The Bertz CT molecular complexity index is 247. The van der Waals surface area contributed by atoms with Crippen molar-refractivity contribution in [1.29, 1.82) is 0 Å². The van der Waals surface area contributed by atoms with Gasteiger partial charge in [0.2, 0.25) is 0 Å². The second-order valence-corrected chi connectivity index (χ2v) is 5.78. The summed E-state index contributed by atoms with van der Waals surface area (Å²) in [7, 11) is 1.79. The molecule has 2 N–H and O–H groups in total. The molecule has 0 aromatic heterocycles. The van der Waals surface area contributed by atoms with E-state index >= 15 is 0 Å². The fourth-order valence-electron chi connectivity index (χ4n) is 3.28. The Morgan fingerprint density at radius 2 is 2.00 bits per heavy atom. The molecule has 0 atom stereocenters. The van der Waals surface area contributed by atoms with Crippen LogP contribution in [0.1, 0.15) is 32.6 Å². The van der Waals surface area contributed by atoms with E-state index in [4.69, 9.17) is 10.5 Å². The van der Waals surface area contributed by atoms with Crippen LogP contribution < -0.4 is 5.73 Å². The lowest BCUT2D eigenvalue weighted by atomic mass is 9.85. The highest BCUT2D eigenvalue weighted by Gasteiger charge is 2.44. The van der Waals surface area contributed by atoms with Crippen molar-refractivity contribution in [2.45, 2.75) is 44.2 Å². The van der Waals surface area contributed by atoms with Gasteiger partial charge < -0.3 is 15.4 Å². The Kier molecular flexibility index (Phi) is 5.01. The van der Waals surface area contributed by atoms with Crippen molar-refractivity contribution >= 4 is 0 Å². The van der Waals surface area contributed by atoms with Gasteiger partial charge in [-0.05, 0) is 45.3 Å². The highest BCUT2D eigenvalue weighted by Crippen LogP contribution is 2.37. The fraction of sp³-hybridized carbons (Fsp3) is 1.00. The van der Waals surface area contributed by atoms with Crippen molar-refractivity contribution in [3.63, 3.8) is 0 Å². The summed E-state index contributed by atoms with van der Waals surface area (Å²) < 4.78 is 5.28. The Balaban J connectivity index is 2.00. The number of hydrogen-bond acceptors (Lipinski definition) is 4. The summed E-state index contributed by atoms with van der Waals surface area (Å²) in [5.74, 6) is 0. The number of hydrogen-bond donors (Lipinski definition) is 1. The monoisotopic (exact) mass is 255 g/mol. The second-order valence-electron chi connectivity index (χ2n) is 5.78. The normalized spacial score (nSPS) is 24.7. The summed E-state index contributed by atoms with van der Waals surface area (Å²) in [5.41, 5.74) is 6.40. The van der Waals surface area contributed by atoms with E-state index in [1.807, 2.05) is 0 Å². The van der Waals surface area contributed by atoms with E-state index in [-0.39, 0.29) is 5.54 Å². The molecular weight excluding hydrogens is 226 g/mol. The van der Waals surface area contributed by atoms with Gasteiger partial charge in [-0.25, -0.2) is 0 Å². The quantitative estimate of drug-likeness (QED) is 0.734. The van der Waals surface area contributed by atoms with Gasteiger partial charge >= 0.3 is 0 Å². The highest BCUT2D eigenvalue weighted by atomic mass is 16.5. The molecule has 106 valence electrons. The molecule has 0 amide bonds. The van der Waals surface area contributed by atoms with Crippen molar-refractivity contribution in [2.75, 3.05) is 46.4 Å². The molecule has 18 heavy (non-hydrogen) atoms. The van der Waals surface area contributed by atoms with E-state index in [9.17, 15) is 0 Å². The molecule has 1 heterocycles. The molecular formula is C14H29N3O. The van der Waals surface area contributed by atoms with Crippen LogP contribution in [0, 0.1) is 0 Å². The van der Waals surface area contributed by atoms with E-state index in [1.54, 1.807) is 7.11 Å². The Hall–Kier alpha value is -0.160. The van der Waals surface area contributed by atoms with Crippen LogP contribution in [0.15, 0.2) is 0 Å². The molecule has 2 rings (SSSR count). The number of methoxy groups -OCH3 is 1. The predicted molar refractivity (Wildman–Crippen MR) is 74.7 cm³/mol. The van der Waals surface area contributed by atoms with Crippen LogP contribution in [-0.4, -0.2) is 67.8 Å². The van der Waals surface area contributed by atoms with Crippen molar-refractivity contribution in [3.05, 3.63) is 0 Å². The summed E-state index contributed by atoms with van der Waals surface area (Å²) in [6.45, 7) is 8.49. The molecule has 1 saturated carbocycles. The lowest BCUT2D eigenvalue weighted by Crippen LogP contribution is -2.60. The molecule has 0 aromatic rings. The first-order valence-electron chi connectivity index (χ1n) is 7.44. The number of likely N-dealkylation sites (tertiary alicyclic amines) is 1. The number of nitrogens with zero attached hydrogens (tertiary/aromatic N) is 2. The van der Waals surface area contributed by atoms with Crippen LogP contribution in [0.25, 0.3) is 0 Å². The topological polar surface area (TPSA) is 41.7 Å². The van der Waals surface area contributed by atoms with Crippen LogP contribution in [0.3, 0.4) is 0 Å². The minimum atomic E-state index is 0.241. The standard InChI is InChI=1S/C14H29N3O/c1-3-16-8-6-14(12-15,7-9-16)17(10-11-18-2)13-4-5-13/h13H,3-12,15H2,1-2H3. The van der Waals surface area contributed by atoms with E-state index in [0.29, 0.717) is 0 Å². The molecule has 4 heteroatoms. The summed E-state index contributed by atoms with van der Waals surface area (Å²) in [6.07, 6.45) is 5.14. The Morgan fingerprint density at radius 3 is 2.44 bits per heavy atom. The third-order valence-electron chi connectivity index (χ3n) is 4.75. The van der Waals surface area contributed by atoms with Crippen LogP contribution in [0.2, 0.25) is 0 Å². The Labute approximate surface area is 111 Å². The first kappa shape index (κ1) is 14.3. The maximum atomic E-state index is 6.16. The number of ether oxygens (including phenoxy) is 1. The van der Waals surface area contributed by atoms with Crippen molar-refractivity contribution < 1.29 is 4.74 Å². The van der Waals surface area contributed by atoms with Crippen LogP contribution in [0.4, 0.5) is 0 Å². The maximum absolute atomic E-state index is 6.16. The summed E-state index contributed by atoms with van der Waals surface area (Å²) in [4.78, 5) is 5.21. The SMILES string of the molecule is CCN1CCC(CN)(N(CCOC)C2CC2)CC1. The summed E-state index contributed by atoms with van der Waals surface area (Å²) in [6, 6.07) is 0.775. The van der Waals surface area contributed by atoms with Gasteiger partial charge in [0.25, 0.3) is 0 Å². The predicted octanol–water partition coefficient (Wildman–Crippen LogP) is 0.910. The molecule has 1 aliphatic carbocycles. The van der Waals surface area contributed by atoms with Crippen molar-refractivity contribution in [3.8, 4) is 0 Å². The Morgan fingerprint density at radius 1 is 1.33 bits per heavy atom. The van der Waals surface area contributed by atoms with E-state index in [2.05, 4.69) is 16.7 Å². The third kappa shape index (κ3) is 3.05. The van der Waals surface area contributed by atoms with Crippen molar-refractivity contribution in [2.24, 2.45) is 5.73 Å². The van der Waals surface area contributed by atoms with Gasteiger partial charge in [0.1, 0.15) is 0 Å². The number of rotatable bonds is 7. The zero-order chi connectivity index (χ0) is 13.0. The second kappa shape index (κ2) is 6.33. The third-order valence-corrected chi connectivity index (χ3v) is 4.75. The average Bonchev–Trinajstić information content (AvgIpc) is 3.24. The molecule has 0 radical (unpaired) electrons. The first-order valence-corrected chi connectivity index (χ1v) is 7.44. The largest absolute Gasteiger partial charge is 0.383 e. The van der Waals surface area contributed by atoms with Gasteiger partial charge in [-0.2, -0.15) is 0 Å². The lowest BCUT2D eigenvalue weighted by Gasteiger charge is -2.48. The molecule has 2 fully saturated rings. The van der Waals surface area contributed by atoms with Gasteiger partial charge in [-0.1, -0.05) is 6.92 Å². The smallest absolute Gasteiger partial charge is 0.0590 e. The van der Waals surface area contributed by atoms with E-state index in [1.165, 1.54) is 45.3 Å². The molecule has 0 aromatic carbocycles. The zero-order valence-corrected chi connectivity index (χ0v) is 12.0. The highest BCUT2D eigenvalue weighted by molar-refractivity contribution is 5.01. The molecule has 0 unspecified atom stereocenters. The van der Waals surface area contributed by atoms with Crippen molar-refractivity contribution in [1.82, 2.24) is 9.80 Å². The van der Waals surface area contributed by atoms with Gasteiger partial charge in [0.15, 0.2) is 0 Å². The van der Waals surface area contributed by atoms with Crippen LogP contribution in [0.5, 0.6) is 0 Å². The van der Waals surface area contributed by atoms with Gasteiger partial charge in [0.05, 0.1) is 6.61 Å². The minimum Gasteiger partial charge on any atom is -0.383 e. The van der Waals surface area contributed by atoms with E-state index < -0.39 is 0 Å².